The molecule has 1 unspecified atom stereocenters. The first-order valence-electron chi connectivity index (χ1n) is 7.33. The van der Waals surface area contributed by atoms with Crippen molar-refractivity contribution >= 4 is 34.0 Å². The molecule has 1 aromatic carbocycles. The van der Waals surface area contributed by atoms with Crippen molar-refractivity contribution in [2.24, 2.45) is 5.73 Å². The number of carbonyl (C=O) groups excluding carboxylic acids is 1. The lowest BCUT2D eigenvalue weighted by Gasteiger charge is -2.30. The van der Waals surface area contributed by atoms with Gasteiger partial charge in [-0.15, -0.1) is 12.4 Å². The van der Waals surface area contributed by atoms with Crippen LogP contribution in [0.1, 0.15) is 29.3 Å². The van der Waals surface area contributed by atoms with Crippen LogP contribution in [0.4, 0.5) is 5.69 Å². The van der Waals surface area contributed by atoms with Gasteiger partial charge < -0.3 is 10.6 Å². The van der Waals surface area contributed by atoms with Crippen LogP contribution in [-0.4, -0.2) is 51.7 Å². The first kappa shape index (κ1) is 19.7. The molecule has 0 bridgehead atoms. The summed E-state index contributed by atoms with van der Waals surface area (Å²) in [5.74, 6) is -0.0998. The predicted molar refractivity (Wildman–Crippen MR) is 94.8 cm³/mol. The van der Waals surface area contributed by atoms with Gasteiger partial charge in [-0.25, -0.2) is 8.42 Å². The first-order chi connectivity index (χ1) is 10.3. The molecule has 1 aromatic rings. The molecule has 0 saturated heterocycles. The van der Waals surface area contributed by atoms with Gasteiger partial charge in [-0.3, -0.25) is 9.10 Å². The lowest BCUT2D eigenvalue weighted by Crippen LogP contribution is -2.40. The van der Waals surface area contributed by atoms with E-state index in [2.05, 4.69) is 0 Å². The summed E-state index contributed by atoms with van der Waals surface area (Å²) in [5, 5.41) is 0. The summed E-state index contributed by atoms with van der Waals surface area (Å²) in [7, 11) is -1.56. The van der Waals surface area contributed by atoms with Gasteiger partial charge in [0.15, 0.2) is 0 Å². The molecule has 1 atom stereocenters. The van der Waals surface area contributed by atoms with Gasteiger partial charge in [0.1, 0.15) is 0 Å². The van der Waals surface area contributed by atoms with Crippen molar-refractivity contribution in [3.63, 3.8) is 0 Å². The van der Waals surface area contributed by atoms with Crippen molar-refractivity contribution in [1.82, 2.24) is 4.90 Å². The largest absolute Gasteiger partial charge is 0.338 e. The third-order valence-corrected chi connectivity index (χ3v) is 5.31. The van der Waals surface area contributed by atoms with Crippen LogP contribution in [0.2, 0.25) is 0 Å². The molecule has 2 N–H and O–H groups in total. The van der Waals surface area contributed by atoms with E-state index in [0.717, 1.165) is 18.4 Å². The first-order valence-corrected chi connectivity index (χ1v) is 9.18. The molecule has 1 aliphatic rings. The number of hydrogen-bond acceptors (Lipinski definition) is 4. The third kappa shape index (κ3) is 4.16. The normalized spacial score (nSPS) is 15.4. The second-order valence-corrected chi connectivity index (χ2v) is 7.69. The third-order valence-electron chi connectivity index (χ3n) is 4.13. The minimum absolute atomic E-state index is 0. The highest BCUT2D eigenvalue weighted by Crippen LogP contribution is 2.30. The number of carbonyl (C=O) groups is 1. The summed E-state index contributed by atoms with van der Waals surface area (Å²) in [5.41, 5.74) is 7.74. The molecular formula is C15H24ClN3O3S. The molecule has 2 rings (SSSR count). The summed E-state index contributed by atoms with van der Waals surface area (Å²) in [6, 6.07) is 5.17. The number of sulfonamides is 1. The lowest BCUT2D eigenvalue weighted by atomic mass is 10.00. The molecule has 130 valence electrons. The molecule has 8 heteroatoms. The average Bonchev–Trinajstić information content (AvgIpc) is 2.50. The molecule has 1 amide bonds. The summed E-state index contributed by atoms with van der Waals surface area (Å²) >= 11 is 0. The van der Waals surface area contributed by atoms with Crippen LogP contribution in [0.5, 0.6) is 0 Å². The van der Waals surface area contributed by atoms with Gasteiger partial charge in [-0.05, 0) is 43.5 Å². The molecular weight excluding hydrogens is 338 g/mol. The number of halogens is 1. The number of benzene rings is 1. The van der Waals surface area contributed by atoms with Gasteiger partial charge >= 0.3 is 0 Å². The molecule has 1 heterocycles. The molecule has 0 saturated carbocycles. The van der Waals surface area contributed by atoms with Gasteiger partial charge in [0.25, 0.3) is 5.91 Å². The number of rotatable bonds is 4. The number of anilines is 1. The molecule has 0 spiro atoms. The number of nitrogens with zero attached hydrogens (tertiary/aromatic N) is 2. The van der Waals surface area contributed by atoms with Crippen LogP contribution < -0.4 is 10.0 Å². The minimum atomic E-state index is -3.28. The molecule has 0 aromatic heterocycles. The van der Waals surface area contributed by atoms with Gasteiger partial charge in [-0.2, -0.15) is 0 Å². The zero-order valence-corrected chi connectivity index (χ0v) is 15.3. The monoisotopic (exact) mass is 361 g/mol. The quantitative estimate of drug-likeness (QED) is 0.874. The second kappa shape index (κ2) is 7.51. The van der Waals surface area contributed by atoms with Crippen LogP contribution in [-0.2, 0) is 16.4 Å². The Kier molecular flexibility index (Phi) is 6.44. The van der Waals surface area contributed by atoms with E-state index in [9.17, 15) is 13.2 Å². The number of fused-ring (bicyclic) bond motifs is 1. The average molecular weight is 362 g/mol. The summed E-state index contributed by atoms with van der Waals surface area (Å²) in [4.78, 5) is 14.1. The van der Waals surface area contributed by atoms with E-state index in [1.165, 1.54) is 10.6 Å². The maximum absolute atomic E-state index is 12.4. The fourth-order valence-electron chi connectivity index (χ4n) is 2.60. The SMILES string of the molecule is CC(CN)N(C)C(=O)c1ccc2c(c1)CCCN2S(C)(=O)=O.Cl. The Morgan fingerprint density at radius 3 is 2.65 bits per heavy atom. The van der Waals surface area contributed by atoms with Crippen molar-refractivity contribution in [2.75, 3.05) is 30.7 Å². The van der Waals surface area contributed by atoms with E-state index in [4.69, 9.17) is 5.73 Å². The van der Waals surface area contributed by atoms with Crippen molar-refractivity contribution in [3.05, 3.63) is 29.3 Å². The fourth-order valence-corrected chi connectivity index (χ4v) is 3.60. The Hall–Kier alpha value is -1.31. The molecule has 1 aliphatic heterocycles. The van der Waals surface area contributed by atoms with Crippen molar-refractivity contribution < 1.29 is 13.2 Å². The number of hydrogen-bond donors (Lipinski definition) is 1. The maximum Gasteiger partial charge on any atom is 0.253 e. The van der Waals surface area contributed by atoms with Crippen LogP contribution in [0.15, 0.2) is 18.2 Å². The topological polar surface area (TPSA) is 83.7 Å². The predicted octanol–water partition coefficient (Wildman–Crippen LogP) is 1.24. The van der Waals surface area contributed by atoms with Crippen molar-refractivity contribution in [2.45, 2.75) is 25.8 Å². The Bertz CT molecular complexity index is 679. The number of nitrogens with two attached hydrogens (primary N) is 1. The second-order valence-electron chi connectivity index (χ2n) is 5.78. The highest BCUT2D eigenvalue weighted by atomic mass is 35.5. The van der Waals surface area contributed by atoms with Crippen LogP contribution in [0, 0.1) is 0 Å². The Morgan fingerprint density at radius 2 is 2.09 bits per heavy atom. The zero-order chi connectivity index (χ0) is 16.5. The van der Waals surface area contributed by atoms with E-state index in [-0.39, 0.29) is 24.4 Å². The summed E-state index contributed by atoms with van der Waals surface area (Å²) < 4.78 is 25.1. The van der Waals surface area contributed by atoms with E-state index in [1.54, 1.807) is 30.1 Å². The van der Waals surface area contributed by atoms with Gasteiger partial charge in [-0.1, -0.05) is 0 Å². The van der Waals surface area contributed by atoms with E-state index >= 15 is 0 Å². The highest BCUT2D eigenvalue weighted by molar-refractivity contribution is 7.92. The van der Waals surface area contributed by atoms with E-state index < -0.39 is 10.0 Å². The van der Waals surface area contributed by atoms with Gasteiger partial charge in [0.05, 0.1) is 11.9 Å². The number of amides is 1. The Morgan fingerprint density at radius 1 is 1.43 bits per heavy atom. The van der Waals surface area contributed by atoms with Crippen LogP contribution in [0.25, 0.3) is 0 Å². The number of aryl methyl sites for hydroxylation is 1. The minimum Gasteiger partial charge on any atom is -0.338 e. The zero-order valence-electron chi connectivity index (χ0n) is 13.7. The number of likely N-dealkylation sites (N-methyl/N-ethyl adjacent to an activating group) is 1. The smallest absolute Gasteiger partial charge is 0.253 e. The van der Waals surface area contributed by atoms with E-state index in [0.29, 0.717) is 24.3 Å². The lowest BCUT2D eigenvalue weighted by molar-refractivity contribution is 0.0748. The molecule has 23 heavy (non-hydrogen) atoms. The van der Waals surface area contributed by atoms with Crippen LogP contribution >= 0.6 is 12.4 Å². The maximum atomic E-state index is 12.4. The molecule has 0 fully saturated rings. The van der Waals surface area contributed by atoms with Gasteiger partial charge in [0.2, 0.25) is 10.0 Å². The fraction of sp³-hybridized carbons (Fsp3) is 0.533. The van der Waals surface area contributed by atoms with E-state index in [1.807, 2.05) is 6.92 Å². The molecule has 0 radical (unpaired) electrons. The summed E-state index contributed by atoms with van der Waals surface area (Å²) in [6.07, 6.45) is 2.74. The molecule has 0 aliphatic carbocycles. The van der Waals surface area contributed by atoms with Crippen molar-refractivity contribution in [3.8, 4) is 0 Å². The molecule has 6 nitrogen and oxygen atoms in total. The van der Waals surface area contributed by atoms with Crippen molar-refractivity contribution in [1.29, 1.82) is 0 Å². The van der Waals surface area contributed by atoms with Crippen LogP contribution in [0.3, 0.4) is 0 Å². The standard InChI is InChI=1S/C15H23N3O3S.ClH/c1-11(10-16)17(2)15(19)13-6-7-14-12(9-13)5-4-8-18(14)22(3,20)21;/h6-7,9,11H,4-5,8,10,16H2,1-3H3;1H. The Labute approximate surface area is 144 Å². The van der Waals surface area contributed by atoms with Gasteiger partial charge in [0, 0.05) is 31.7 Å². The Balaban J connectivity index is 0.00000264. The highest BCUT2D eigenvalue weighted by Gasteiger charge is 2.25. The summed E-state index contributed by atoms with van der Waals surface area (Å²) in [6.45, 7) is 2.78.